The van der Waals surface area contributed by atoms with Gasteiger partial charge in [0.2, 0.25) is 0 Å². The van der Waals surface area contributed by atoms with E-state index >= 15 is 0 Å². The van der Waals surface area contributed by atoms with Gasteiger partial charge in [0.05, 0.1) is 25.9 Å². The molecule has 2 aromatic heterocycles. The van der Waals surface area contributed by atoms with Gasteiger partial charge in [0, 0.05) is 30.5 Å². The molecule has 0 atom stereocenters. The lowest BCUT2D eigenvalue weighted by Gasteiger charge is -2.43. The highest BCUT2D eigenvalue weighted by molar-refractivity contribution is 6.30. The number of carbonyl (C=O) groups excluding carboxylic acids is 1. The minimum Gasteiger partial charge on any atom is -0.465 e. The maximum Gasteiger partial charge on any atom is 0.338 e. The molecule has 6 nitrogen and oxygen atoms in total. The molecular weight excluding hydrogens is 308 g/mol. The van der Waals surface area contributed by atoms with Crippen LogP contribution in [0.4, 0.5) is 0 Å². The predicted molar refractivity (Wildman–Crippen MR) is 79.0 cm³/mol. The van der Waals surface area contributed by atoms with Crippen LogP contribution >= 0.6 is 11.6 Å². The number of pyridine rings is 1. The topological polar surface area (TPSA) is 62.6 Å². The standard InChI is InChI=1S/C15H15ClN2O4/c1-20-14(19)11-6-12(16)17-13-10(11)2-3-18(13)9-7-15(8-9)21-4-5-22-15/h2-3,6,9H,4-5,7-8H2,1H3. The molecule has 1 aliphatic heterocycles. The Hall–Kier alpha value is -1.63. The summed E-state index contributed by atoms with van der Waals surface area (Å²) in [5, 5.41) is 1.01. The van der Waals surface area contributed by atoms with Gasteiger partial charge in [0.1, 0.15) is 10.8 Å². The van der Waals surface area contributed by atoms with Crippen LogP contribution in [0.5, 0.6) is 0 Å². The quantitative estimate of drug-likeness (QED) is 0.628. The third kappa shape index (κ3) is 2.02. The van der Waals surface area contributed by atoms with Gasteiger partial charge < -0.3 is 18.8 Å². The van der Waals surface area contributed by atoms with Gasteiger partial charge in [-0.2, -0.15) is 0 Å². The zero-order valence-corrected chi connectivity index (χ0v) is 12.8. The summed E-state index contributed by atoms with van der Waals surface area (Å²) in [6.45, 7) is 1.30. The monoisotopic (exact) mass is 322 g/mol. The Labute approximate surface area is 131 Å². The Bertz CT molecular complexity index is 743. The van der Waals surface area contributed by atoms with Crippen LogP contribution in [0.15, 0.2) is 18.3 Å². The number of carbonyl (C=O) groups is 1. The van der Waals surface area contributed by atoms with Crippen LogP contribution < -0.4 is 0 Å². The molecule has 0 amide bonds. The number of aromatic nitrogens is 2. The van der Waals surface area contributed by atoms with Gasteiger partial charge in [-0.05, 0) is 12.1 Å². The Kier molecular flexibility index (Phi) is 3.14. The molecule has 1 saturated carbocycles. The first-order valence-electron chi connectivity index (χ1n) is 7.15. The fraction of sp³-hybridized carbons (Fsp3) is 0.467. The van der Waals surface area contributed by atoms with E-state index in [2.05, 4.69) is 4.98 Å². The van der Waals surface area contributed by atoms with Gasteiger partial charge in [-0.15, -0.1) is 0 Å². The van der Waals surface area contributed by atoms with Gasteiger partial charge in [0.25, 0.3) is 0 Å². The van der Waals surface area contributed by atoms with Gasteiger partial charge in [-0.25, -0.2) is 9.78 Å². The van der Waals surface area contributed by atoms with Crippen molar-refractivity contribution in [2.45, 2.75) is 24.7 Å². The van der Waals surface area contributed by atoms with E-state index in [1.165, 1.54) is 13.2 Å². The molecule has 2 fully saturated rings. The molecule has 0 unspecified atom stereocenters. The van der Waals surface area contributed by atoms with Gasteiger partial charge >= 0.3 is 5.97 Å². The molecule has 7 heteroatoms. The van der Waals surface area contributed by atoms with Crippen molar-refractivity contribution in [3.05, 3.63) is 29.0 Å². The Morgan fingerprint density at radius 1 is 1.45 bits per heavy atom. The second kappa shape index (κ2) is 4.94. The van der Waals surface area contributed by atoms with Crippen molar-refractivity contribution in [3.63, 3.8) is 0 Å². The second-order valence-electron chi connectivity index (χ2n) is 5.61. The minimum atomic E-state index is -0.426. The van der Waals surface area contributed by atoms with Crippen LogP contribution in [0, 0.1) is 0 Å². The van der Waals surface area contributed by atoms with E-state index in [9.17, 15) is 4.79 Å². The van der Waals surface area contributed by atoms with Crippen LogP contribution in [0.25, 0.3) is 11.0 Å². The number of rotatable bonds is 2. The van der Waals surface area contributed by atoms with Crippen molar-refractivity contribution in [2.75, 3.05) is 20.3 Å². The normalized spacial score (nSPS) is 20.5. The third-order valence-electron chi connectivity index (χ3n) is 4.36. The van der Waals surface area contributed by atoms with E-state index < -0.39 is 11.8 Å². The first-order valence-corrected chi connectivity index (χ1v) is 7.53. The largest absolute Gasteiger partial charge is 0.465 e. The zero-order chi connectivity index (χ0) is 15.3. The van der Waals surface area contributed by atoms with Crippen LogP contribution in [-0.2, 0) is 14.2 Å². The number of methoxy groups -OCH3 is 1. The summed E-state index contributed by atoms with van der Waals surface area (Å²) in [6.07, 6.45) is 3.48. The molecule has 0 bridgehead atoms. The van der Waals surface area contributed by atoms with Crippen molar-refractivity contribution in [1.29, 1.82) is 0 Å². The van der Waals surface area contributed by atoms with E-state index in [1.807, 2.05) is 16.8 Å². The molecule has 1 spiro atoms. The first kappa shape index (κ1) is 14.0. The van der Waals surface area contributed by atoms with Crippen molar-refractivity contribution in [2.24, 2.45) is 0 Å². The molecule has 22 heavy (non-hydrogen) atoms. The summed E-state index contributed by atoms with van der Waals surface area (Å²) in [6, 6.07) is 3.63. The van der Waals surface area contributed by atoms with Gasteiger partial charge in [0.15, 0.2) is 5.79 Å². The molecule has 0 aromatic carbocycles. The minimum absolute atomic E-state index is 0.229. The van der Waals surface area contributed by atoms with E-state index in [-0.39, 0.29) is 11.2 Å². The number of halogens is 1. The number of nitrogens with zero attached hydrogens (tertiary/aromatic N) is 2. The fourth-order valence-corrected chi connectivity index (χ4v) is 3.45. The Balaban J connectivity index is 1.71. The predicted octanol–water partition coefficient (Wildman–Crippen LogP) is 2.55. The van der Waals surface area contributed by atoms with Crippen molar-refractivity contribution in [3.8, 4) is 0 Å². The lowest BCUT2D eigenvalue weighted by Crippen LogP contribution is -2.45. The van der Waals surface area contributed by atoms with Gasteiger partial charge in [-0.3, -0.25) is 0 Å². The molecule has 3 heterocycles. The molecule has 2 aliphatic rings. The molecule has 1 saturated heterocycles. The summed E-state index contributed by atoms with van der Waals surface area (Å²) in [5.74, 6) is -0.843. The summed E-state index contributed by atoms with van der Waals surface area (Å²) in [4.78, 5) is 16.3. The highest BCUT2D eigenvalue weighted by Crippen LogP contribution is 2.48. The van der Waals surface area contributed by atoms with E-state index in [0.29, 0.717) is 24.4 Å². The molecule has 2 aromatic rings. The van der Waals surface area contributed by atoms with E-state index in [1.54, 1.807) is 0 Å². The van der Waals surface area contributed by atoms with Crippen LogP contribution in [0.2, 0.25) is 5.15 Å². The van der Waals surface area contributed by atoms with E-state index in [0.717, 1.165) is 18.2 Å². The second-order valence-corrected chi connectivity index (χ2v) is 6.00. The lowest BCUT2D eigenvalue weighted by atomic mass is 9.85. The lowest BCUT2D eigenvalue weighted by molar-refractivity contribution is -0.225. The summed E-state index contributed by atoms with van der Waals surface area (Å²) < 4.78 is 18.2. The summed E-state index contributed by atoms with van der Waals surface area (Å²) in [5.41, 5.74) is 1.12. The first-order chi connectivity index (χ1) is 10.6. The molecule has 4 rings (SSSR count). The zero-order valence-electron chi connectivity index (χ0n) is 12.0. The number of fused-ring (bicyclic) bond motifs is 1. The number of ether oxygens (including phenoxy) is 3. The van der Waals surface area contributed by atoms with E-state index in [4.69, 9.17) is 25.8 Å². The molecule has 116 valence electrons. The third-order valence-corrected chi connectivity index (χ3v) is 4.55. The SMILES string of the molecule is COC(=O)c1cc(Cl)nc2c1ccn2C1CC2(C1)OCCO2. The number of hydrogen-bond donors (Lipinski definition) is 0. The highest BCUT2D eigenvalue weighted by atomic mass is 35.5. The van der Waals surface area contributed by atoms with Crippen LogP contribution in [0.1, 0.15) is 29.2 Å². The van der Waals surface area contributed by atoms with Crippen molar-refractivity contribution in [1.82, 2.24) is 9.55 Å². The highest BCUT2D eigenvalue weighted by Gasteiger charge is 2.50. The van der Waals surface area contributed by atoms with Crippen LogP contribution in [0.3, 0.4) is 0 Å². The average molecular weight is 323 g/mol. The summed E-state index contributed by atoms with van der Waals surface area (Å²) in [7, 11) is 1.35. The number of hydrogen-bond acceptors (Lipinski definition) is 5. The summed E-state index contributed by atoms with van der Waals surface area (Å²) >= 11 is 6.06. The molecule has 1 aliphatic carbocycles. The van der Waals surface area contributed by atoms with Crippen molar-refractivity contribution < 1.29 is 19.0 Å². The maximum absolute atomic E-state index is 11.9. The molecule has 0 radical (unpaired) electrons. The number of esters is 1. The Morgan fingerprint density at radius 2 is 2.18 bits per heavy atom. The average Bonchev–Trinajstić information content (AvgIpc) is 3.10. The maximum atomic E-state index is 11.9. The molecule has 0 N–H and O–H groups in total. The van der Waals surface area contributed by atoms with Gasteiger partial charge in [-0.1, -0.05) is 11.6 Å². The van der Waals surface area contributed by atoms with Crippen molar-refractivity contribution >= 4 is 28.6 Å². The van der Waals surface area contributed by atoms with Crippen LogP contribution in [-0.4, -0.2) is 41.6 Å². The smallest absolute Gasteiger partial charge is 0.338 e. The Morgan fingerprint density at radius 3 is 2.86 bits per heavy atom. The fourth-order valence-electron chi connectivity index (χ4n) is 3.26. The molecular formula is C15H15ClN2O4.